The third-order valence-corrected chi connectivity index (χ3v) is 3.83. The predicted molar refractivity (Wildman–Crippen MR) is 62.5 cm³/mol. The standard InChI is InChI=1S/C12H20N2O3/c15-11(8-3-2-6-13-7-8)14-10-5-1-4-9(10)12(16)17/h8-10,13H,1-7H2,(H,14,15)(H,16,17)/t8-,9?,10?/m0/s1. The number of nitrogens with one attached hydrogen (secondary N) is 2. The highest BCUT2D eigenvalue weighted by molar-refractivity contribution is 5.80. The molecule has 0 aromatic carbocycles. The number of carbonyl (C=O) groups excluding carboxylic acids is 1. The molecule has 5 heteroatoms. The van der Waals surface area contributed by atoms with E-state index in [4.69, 9.17) is 5.11 Å². The predicted octanol–water partition coefficient (Wildman–Crippen LogP) is 0.356. The molecule has 0 spiro atoms. The third kappa shape index (κ3) is 2.97. The topological polar surface area (TPSA) is 78.4 Å². The lowest BCUT2D eigenvalue weighted by atomic mass is 9.97. The van der Waals surface area contributed by atoms with Gasteiger partial charge in [-0.3, -0.25) is 9.59 Å². The monoisotopic (exact) mass is 240 g/mol. The van der Waals surface area contributed by atoms with Crippen molar-refractivity contribution in [1.82, 2.24) is 10.6 Å². The van der Waals surface area contributed by atoms with Crippen LogP contribution in [0.2, 0.25) is 0 Å². The Hall–Kier alpha value is -1.10. The first-order valence-corrected chi connectivity index (χ1v) is 6.42. The summed E-state index contributed by atoms with van der Waals surface area (Å²) in [7, 11) is 0. The van der Waals surface area contributed by atoms with Crippen LogP contribution in [0, 0.1) is 11.8 Å². The summed E-state index contributed by atoms with van der Waals surface area (Å²) >= 11 is 0. The molecule has 5 nitrogen and oxygen atoms in total. The smallest absolute Gasteiger partial charge is 0.308 e. The van der Waals surface area contributed by atoms with Crippen LogP contribution in [0.1, 0.15) is 32.1 Å². The van der Waals surface area contributed by atoms with E-state index < -0.39 is 11.9 Å². The summed E-state index contributed by atoms with van der Waals surface area (Å²) in [6.07, 6.45) is 4.30. The molecule has 1 saturated carbocycles. The molecule has 1 aliphatic carbocycles. The summed E-state index contributed by atoms with van der Waals surface area (Å²) in [5.41, 5.74) is 0. The Labute approximate surface area is 101 Å². The summed E-state index contributed by atoms with van der Waals surface area (Å²) in [5.74, 6) is -1.14. The van der Waals surface area contributed by atoms with E-state index in [0.717, 1.165) is 38.8 Å². The fourth-order valence-electron chi connectivity index (χ4n) is 2.80. The molecule has 2 fully saturated rings. The van der Waals surface area contributed by atoms with E-state index >= 15 is 0 Å². The lowest BCUT2D eigenvalue weighted by Gasteiger charge is -2.25. The number of aliphatic carboxylic acids is 1. The average molecular weight is 240 g/mol. The molecule has 1 saturated heterocycles. The van der Waals surface area contributed by atoms with E-state index in [2.05, 4.69) is 10.6 Å². The Bertz CT molecular complexity index is 300. The fourth-order valence-corrected chi connectivity index (χ4v) is 2.80. The van der Waals surface area contributed by atoms with Crippen LogP contribution >= 0.6 is 0 Å². The van der Waals surface area contributed by atoms with Gasteiger partial charge in [-0.25, -0.2) is 0 Å². The van der Waals surface area contributed by atoms with Crippen molar-refractivity contribution in [3.63, 3.8) is 0 Å². The van der Waals surface area contributed by atoms with Gasteiger partial charge in [-0.2, -0.15) is 0 Å². The number of piperidine rings is 1. The van der Waals surface area contributed by atoms with Crippen molar-refractivity contribution >= 4 is 11.9 Å². The maximum Gasteiger partial charge on any atom is 0.308 e. The van der Waals surface area contributed by atoms with Crippen LogP contribution in [0.25, 0.3) is 0 Å². The Kier molecular flexibility index (Phi) is 3.99. The molecule has 3 atom stereocenters. The maximum atomic E-state index is 12.0. The second kappa shape index (κ2) is 5.49. The van der Waals surface area contributed by atoms with E-state index in [0.29, 0.717) is 6.42 Å². The van der Waals surface area contributed by atoms with Gasteiger partial charge in [0, 0.05) is 12.6 Å². The number of hydrogen-bond donors (Lipinski definition) is 3. The largest absolute Gasteiger partial charge is 0.481 e. The van der Waals surface area contributed by atoms with E-state index in [1.165, 1.54) is 0 Å². The van der Waals surface area contributed by atoms with Crippen molar-refractivity contribution in [2.24, 2.45) is 11.8 Å². The van der Waals surface area contributed by atoms with Crippen LogP contribution in [0.15, 0.2) is 0 Å². The number of carboxylic acids is 1. The average Bonchev–Trinajstić information content (AvgIpc) is 2.78. The molecule has 0 aromatic heterocycles. The Morgan fingerprint density at radius 3 is 2.65 bits per heavy atom. The molecular formula is C12H20N2O3. The number of rotatable bonds is 3. The highest BCUT2D eigenvalue weighted by Gasteiger charge is 2.35. The number of carbonyl (C=O) groups is 2. The number of hydrogen-bond acceptors (Lipinski definition) is 3. The van der Waals surface area contributed by atoms with Gasteiger partial charge >= 0.3 is 5.97 Å². The zero-order chi connectivity index (χ0) is 12.3. The van der Waals surface area contributed by atoms with Crippen LogP contribution in [0.4, 0.5) is 0 Å². The summed E-state index contributed by atoms with van der Waals surface area (Å²) in [5, 5.41) is 15.2. The van der Waals surface area contributed by atoms with Crippen LogP contribution < -0.4 is 10.6 Å². The zero-order valence-electron chi connectivity index (χ0n) is 9.95. The number of amides is 1. The number of carboxylic acid groups (broad SMARTS) is 1. The minimum Gasteiger partial charge on any atom is -0.481 e. The Balaban J connectivity index is 1.86. The summed E-state index contributed by atoms with van der Waals surface area (Å²) < 4.78 is 0. The highest BCUT2D eigenvalue weighted by Crippen LogP contribution is 2.26. The van der Waals surface area contributed by atoms with E-state index in [-0.39, 0.29) is 17.9 Å². The van der Waals surface area contributed by atoms with Gasteiger partial charge in [0.1, 0.15) is 0 Å². The summed E-state index contributed by atoms with van der Waals surface area (Å²) in [6.45, 7) is 1.70. The van der Waals surface area contributed by atoms with Gasteiger partial charge in [-0.05, 0) is 32.2 Å². The van der Waals surface area contributed by atoms with Gasteiger partial charge in [-0.1, -0.05) is 6.42 Å². The molecule has 1 amide bonds. The minimum absolute atomic E-state index is 0.0128. The lowest BCUT2D eigenvalue weighted by Crippen LogP contribution is -2.46. The van der Waals surface area contributed by atoms with Gasteiger partial charge < -0.3 is 15.7 Å². The van der Waals surface area contributed by atoms with Crippen molar-refractivity contribution in [2.75, 3.05) is 13.1 Å². The molecule has 17 heavy (non-hydrogen) atoms. The summed E-state index contributed by atoms with van der Waals surface area (Å²) in [4.78, 5) is 23.0. The van der Waals surface area contributed by atoms with Gasteiger partial charge in [-0.15, -0.1) is 0 Å². The maximum absolute atomic E-state index is 12.0. The van der Waals surface area contributed by atoms with Crippen LogP contribution in [0.3, 0.4) is 0 Å². The van der Waals surface area contributed by atoms with Gasteiger partial charge in [0.25, 0.3) is 0 Å². The quantitative estimate of drug-likeness (QED) is 0.665. The molecule has 0 bridgehead atoms. The normalized spacial score (nSPS) is 33.3. The van der Waals surface area contributed by atoms with Crippen molar-refractivity contribution < 1.29 is 14.7 Å². The van der Waals surface area contributed by atoms with Crippen molar-refractivity contribution in [3.05, 3.63) is 0 Å². The second-order valence-electron chi connectivity index (χ2n) is 5.03. The summed E-state index contributed by atoms with van der Waals surface area (Å²) in [6, 6.07) is -0.165. The first-order valence-electron chi connectivity index (χ1n) is 6.42. The van der Waals surface area contributed by atoms with Crippen molar-refractivity contribution in [3.8, 4) is 0 Å². The molecule has 3 N–H and O–H groups in total. The highest BCUT2D eigenvalue weighted by atomic mass is 16.4. The van der Waals surface area contributed by atoms with E-state index in [1.54, 1.807) is 0 Å². The minimum atomic E-state index is -0.783. The van der Waals surface area contributed by atoms with Gasteiger partial charge in [0.05, 0.1) is 11.8 Å². The van der Waals surface area contributed by atoms with Crippen molar-refractivity contribution in [2.45, 2.75) is 38.1 Å². The molecule has 2 unspecified atom stereocenters. The van der Waals surface area contributed by atoms with Crippen LogP contribution in [-0.2, 0) is 9.59 Å². The lowest BCUT2D eigenvalue weighted by molar-refractivity contribution is -0.142. The molecule has 2 rings (SSSR count). The molecule has 96 valence electrons. The zero-order valence-corrected chi connectivity index (χ0v) is 9.95. The molecular weight excluding hydrogens is 220 g/mol. The van der Waals surface area contributed by atoms with E-state index in [1.807, 2.05) is 0 Å². The Morgan fingerprint density at radius 1 is 1.18 bits per heavy atom. The van der Waals surface area contributed by atoms with Crippen LogP contribution in [0.5, 0.6) is 0 Å². The Morgan fingerprint density at radius 2 is 2.00 bits per heavy atom. The first-order chi connectivity index (χ1) is 8.18. The van der Waals surface area contributed by atoms with Gasteiger partial charge in [0.15, 0.2) is 0 Å². The molecule has 2 aliphatic rings. The fraction of sp³-hybridized carbons (Fsp3) is 0.833. The first kappa shape index (κ1) is 12.4. The van der Waals surface area contributed by atoms with E-state index in [9.17, 15) is 9.59 Å². The SMILES string of the molecule is O=C(O)C1CCCC1NC(=O)[C@H]1CCCNC1. The second-order valence-corrected chi connectivity index (χ2v) is 5.03. The third-order valence-electron chi connectivity index (χ3n) is 3.83. The van der Waals surface area contributed by atoms with Crippen molar-refractivity contribution in [1.29, 1.82) is 0 Å². The van der Waals surface area contributed by atoms with Crippen LogP contribution in [-0.4, -0.2) is 36.1 Å². The van der Waals surface area contributed by atoms with Gasteiger partial charge in [0.2, 0.25) is 5.91 Å². The molecule has 0 aromatic rings. The molecule has 1 aliphatic heterocycles. The molecule has 0 radical (unpaired) electrons. The molecule has 1 heterocycles.